The largest absolute Gasteiger partial charge is 0.497 e. The van der Waals surface area contributed by atoms with E-state index in [-0.39, 0.29) is 5.04 Å². The summed E-state index contributed by atoms with van der Waals surface area (Å²) in [6, 6.07) is 29.4. The van der Waals surface area contributed by atoms with Crippen molar-refractivity contribution in [3.63, 3.8) is 0 Å². The van der Waals surface area contributed by atoms with Crippen LogP contribution in [0.2, 0.25) is 5.04 Å². The van der Waals surface area contributed by atoms with E-state index in [0.29, 0.717) is 19.8 Å². The molecule has 0 aliphatic rings. The first-order chi connectivity index (χ1) is 15.5. The van der Waals surface area contributed by atoms with E-state index < -0.39 is 8.32 Å². The highest BCUT2D eigenvalue weighted by Crippen LogP contribution is 2.36. The summed E-state index contributed by atoms with van der Waals surface area (Å²) in [5.41, 5.74) is 1.13. The highest BCUT2D eigenvalue weighted by atomic mass is 28.4. The molecule has 4 heteroatoms. The van der Waals surface area contributed by atoms with Crippen LogP contribution in [0.25, 0.3) is 0 Å². The molecule has 0 saturated carbocycles. The van der Waals surface area contributed by atoms with Crippen LogP contribution in [0.5, 0.6) is 5.75 Å². The molecule has 3 rings (SSSR count). The molecule has 0 aliphatic heterocycles. The first-order valence-electron chi connectivity index (χ1n) is 11.1. The minimum Gasteiger partial charge on any atom is -0.497 e. The van der Waals surface area contributed by atoms with Gasteiger partial charge >= 0.3 is 0 Å². The van der Waals surface area contributed by atoms with Gasteiger partial charge in [0.1, 0.15) is 5.75 Å². The molecular formula is C28H34O3Si. The lowest BCUT2D eigenvalue weighted by Gasteiger charge is -2.42. The number of hydrogen-bond acceptors (Lipinski definition) is 3. The van der Waals surface area contributed by atoms with E-state index in [9.17, 15) is 0 Å². The SMILES string of the molecule is COc1ccc(COCC=CCO[Si](c2ccccc2)(c2ccccc2)C(C)(C)C)cc1. The number of methoxy groups -OCH3 is 1. The van der Waals surface area contributed by atoms with Crippen molar-refractivity contribution in [2.45, 2.75) is 32.4 Å². The zero-order valence-corrected chi connectivity index (χ0v) is 20.6. The van der Waals surface area contributed by atoms with Gasteiger partial charge in [-0.25, -0.2) is 0 Å². The molecule has 0 saturated heterocycles. The zero-order chi connectivity index (χ0) is 22.9. The van der Waals surface area contributed by atoms with Gasteiger partial charge in [-0.15, -0.1) is 0 Å². The lowest BCUT2D eigenvalue weighted by molar-refractivity contribution is 0.148. The summed E-state index contributed by atoms with van der Waals surface area (Å²) in [6.45, 7) is 8.56. The quantitative estimate of drug-likeness (QED) is 0.239. The second-order valence-corrected chi connectivity index (χ2v) is 13.1. The molecule has 3 aromatic rings. The molecule has 32 heavy (non-hydrogen) atoms. The maximum atomic E-state index is 6.84. The summed E-state index contributed by atoms with van der Waals surface area (Å²) in [5, 5.41) is 2.57. The normalized spacial score (nSPS) is 12.2. The summed E-state index contributed by atoms with van der Waals surface area (Å²) >= 11 is 0. The van der Waals surface area contributed by atoms with Crippen molar-refractivity contribution in [2.24, 2.45) is 0 Å². The minimum atomic E-state index is -2.48. The first-order valence-corrected chi connectivity index (χ1v) is 13.0. The summed E-state index contributed by atoms with van der Waals surface area (Å²) < 4.78 is 17.8. The molecule has 0 fully saturated rings. The Morgan fingerprint density at radius 2 is 1.25 bits per heavy atom. The smallest absolute Gasteiger partial charge is 0.261 e. The van der Waals surface area contributed by atoms with Crippen LogP contribution in [-0.4, -0.2) is 28.6 Å². The Kier molecular flexibility index (Phi) is 8.45. The Balaban J connectivity index is 1.66. The van der Waals surface area contributed by atoms with Crippen LogP contribution in [0.15, 0.2) is 97.1 Å². The van der Waals surface area contributed by atoms with Crippen molar-refractivity contribution < 1.29 is 13.9 Å². The topological polar surface area (TPSA) is 27.7 Å². The van der Waals surface area contributed by atoms with Gasteiger partial charge in [0.05, 0.1) is 26.9 Å². The predicted molar refractivity (Wildman–Crippen MR) is 135 cm³/mol. The molecule has 0 unspecified atom stereocenters. The Morgan fingerprint density at radius 1 is 0.719 bits per heavy atom. The monoisotopic (exact) mass is 446 g/mol. The third-order valence-electron chi connectivity index (χ3n) is 5.62. The van der Waals surface area contributed by atoms with Crippen molar-refractivity contribution in [2.75, 3.05) is 20.3 Å². The molecule has 0 aromatic heterocycles. The highest BCUT2D eigenvalue weighted by molar-refractivity contribution is 6.99. The lowest BCUT2D eigenvalue weighted by Crippen LogP contribution is -2.66. The molecule has 3 nitrogen and oxygen atoms in total. The van der Waals surface area contributed by atoms with Crippen LogP contribution >= 0.6 is 0 Å². The Morgan fingerprint density at radius 3 is 1.75 bits per heavy atom. The minimum absolute atomic E-state index is 0.0194. The number of hydrogen-bond donors (Lipinski definition) is 0. The average molecular weight is 447 g/mol. The predicted octanol–water partition coefficient (Wildman–Crippen LogP) is 5.34. The second-order valence-electron chi connectivity index (χ2n) is 8.81. The average Bonchev–Trinajstić information content (AvgIpc) is 2.81. The summed E-state index contributed by atoms with van der Waals surface area (Å²) in [4.78, 5) is 0. The third-order valence-corrected chi connectivity index (χ3v) is 10.6. The van der Waals surface area contributed by atoms with Gasteiger partial charge in [-0.1, -0.05) is 106 Å². The molecule has 0 spiro atoms. The van der Waals surface area contributed by atoms with E-state index in [1.165, 1.54) is 10.4 Å². The second kappa shape index (κ2) is 11.3. The summed E-state index contributed by atoms with van der Waals surface area (Å²) in [5.74, 6) is 0.856. The van der Waals surface area contributed by atoms with E-state index in [4.69, 9.17) is 13.9 Å². The molecule has 0 atom stereocenters. The fraction of sp³-hybridized carbons (Fsp3) is 0.286. The van der Waals surface area contributed by atoms with E-state index >= 15 is 0 Å². The van der Waals surface area contributed by atoms with Crippen molar-refractivity contribution in [1.29, 1.82) is 0 Å². The van der Waals surface area contributed by atoms with Crippen molar-refractivity contribution in [3.8, 4) is 5.75 Å². The van der Waals surface area contributed by atoms with Crippen LogP contribution in [-0.2, 0) is 15.8 Å². The number of rotatable bonds is 10. The lowest BCUT2D eigenvalue weighted by atomic mass is 10.2. The van der Waals surface area contributed by atoms with Gasteiger partial charge in [-0.3, -0.25) is 0 Å². The van der Waals surface area contributed by atoms with Crippen LogP contribution < -0.4 is 15.1 Å². The maximum Gasteiger partial charge on any atom is 0.261 e. The van der Waals surface area contributed by atoms with Crippen LogP contribution in [0.1, 0.15) is 26.3 Å². The fourth-order valence-corrected chi connectivity index (χ4v) is 8.54. The van der Waals surface area contributed by atoms with Crippen molar-refractivity contribution in [1.82, 2.24) is 0 Å². The Labute approximate surface area is 193 Å². The van der Waals surface area contributed by atoms with Crippen molar-refractivity contribution in [3.05, 3.63) is 103 Å². The molecule has 0 amide bonds. The van der Waals surface area contributed by atoms with Gasteiger partial charge in [0.15, 0.2) is 0 Å². The fourth-order valence-electron chi connectivity index (χ4n) is 4.04. The van der Waals surface area contributed by atoms with E-state index in [0.717, 1.165) is 11.3 Å². The first kappa shape index (κ1) is 24.0. The van der Waals surface area contributed by atoms with Crippen molar-refractivity contribution >= 4 is 18.7 Å². The highest BCUT2D eigenvalue weighted by Gasteiger charge is 2.49. The van der Waals surface area contributed by atoms with Gasteiger partial charge in [0.25, 0.3) is 8.32 Å². The number of benzene rings is 3. The van der Waals surface area contributed by atoms with E-state index in [1.54, 1.807) is 7.11 Å². The molecule has 0 bridgehead atoms. The Bertz CT molecular complexity index is 922. The third kappa shape index (κ3) is 5.77. The summed E-state index contributed by atoms with van der Waals surface area (Å²) in [7, 11) is -0.812. The van der Waals surface area contributed by atoms with Gasteiger partial charge in [-0.05, 0) is 33.1 Å². The molecule has 168 valence electrons. The van der Waals surface area contributed by atoms with Gasteiger partial charge < -0.3 is 13.9 Å². The Hall–Kier alpha value is -2.66. The molecule has 0 N–H and O–H groups in total. The standard InChI is InChI=1S/C28H34O3Si/c1-28(2,3)32(26-13-7-5-8-14-26,27-15-9-6-10-16-27)31-22-12-11-21-30-23-24-17-19-25(29-4)20-18-24/h5-20H,21-23H2,1-4H3. The van der Waals surface area contributed by atoms with E-state index in [2.05, 4.69) is 87.5 Å². The van der Waals surface area contributed by atoms with Crippen LogP contribution in [0, 0.1) is 0 Å². The molecule has 0 radical (unpaired) electrons. The zero-order valence-electron chi connectivity index (χ0n) is 19.6. The molecule has 0 aliphatic carbocycles. The van der Waals surface area contributed by atoms with Gasteiger partial charge in [0.2, 0.25) is 0 Å². The van der Waals surface area contributed by atoms with Gasteiger partial charge in [-0.2, -0.15) is 0 Å². The maximum absolute atomic E-state index is 6.84. The van der Waals surface area contributed by atoms with E-state index in [1.807, 2.05) is 30.3 Å². The summed E-state index contributed by atoms with van der Waals surface area (Å²) in [6.07, 6.45) is 4.12. The molecule has 3 aromatic carbocycles. The van der Waals surface area contributed by atoms with Crippen LogP contribution in [0.3, 0.4) is 0 Å². The van der Waals surface area contributed by atoms with Crippen LogP contribution in [0.4, 0.5) is 0 Å². The molecular weight excluding hydrogens is 412 g/mol. The van der Waals surface area contributed by atoms with Gasteiger partial charge in [0, 0.05) is 0 Å². The molecule has 0 heterocycles. The number of ether oxygens (including phenoxy) is 2.